The van der Waals surface area contributed by atoms with E-state index >= 15 is 0 Å². The minimum Gasteiger partial charge on any atom is -0.748 e. The van der Waals surface area contributed by atoms with Crippen molar-refractivity contribution in [2.75, 3.05) is 5.75 Å². The number of hydrogen-bond donors (Lipinski definition) is 1. The van der Waals surface area contributed by atoms with Gasteiger partial charge in [-0.1, -0.05) is 13.8 Å². The second-order valence-corrected chi connectivity index (χ2v) is 6.77. The van der Waals surface area contributed by atoms with Crippen LogP contribution in [-0.4, -0.2) is 24.5 Å². The van der Waals surface area contributed by atoms with Crippen molar-refractivity contribution in [3.05, 3.63) is 0 Å². The van der Waals surface area contributed by atoms with Crippen LogP contribution in [0.4, 0.5) is 0 Å². The molecular weight excluding hydrogens is 230 g/mol. The van der Waals surface area contributed by atoms with Crippen LogP contribution in [-0.2, 0) is 14.9 Å². The van der Waals surface area contributed by atoms with Crippen LogP contribution >= 0.6 is 0 Å². The summed E-state index contributed by atoms with van der Waals surface area (Å²) in [5.74, 6) is -0.280. The molecule has 0 heterocycles. The second kappa shape index (κ2) is 3.51. The third kappa shape index (κ3) is 1.59. The maximum Gasteiger partial charge on any atom is 0.140 e. The van der Waals surface area contributed by atoms with Crippen LogP contribution in [0, 0.1) is 16.7 Å². The molecule has 5 nitrogen and oxygen atoms in total. The third-order valence-electron chi connectivity index (χ3n) is 4.56. The summed E-state index contributed by atoms with van der Waals surface area (Å²) < 4.78 is 32.7. The van der Waals surface area contributed by atoms with Crippen molar-refractivity contribution in [1.82, 2.24) is 6.15 Å². The molecule has 0 aromatic rings. The molecule has 2 fully saturated rings. The van der Waals surface area contributed by atoms with Gasteiger partial charge >= 0.3 is 0 Å². The zero-order chi connectivity index (χ0) is 11.5. The Balaban J connectivity index is 0.00000128. The summed E-state index contributed by atoms with van der Waals surface area (Å²) in [4.78, 5) is 11.8. The number of ketones is 1. The highest BCUT2D eigenvalue weighted by Crippen LogP contribution is 2.64. The monoisotopic (exact) mass is 249 g/mol. The summed E-state index contributed by atoms with van der Waals surface area (Å²) in [5.41, 5.74) is -1.22. The number of quaternary nitrogens is 1. The van der Waals surface area contributed by atoms with Crippen molar-refractivity contribution in [2.45, 2.75) is 33.1 Å². The summed E-state index contributed by atoms with van der Waals surface area (Å²) >= 11 is 0. The lowest BCUT2D eigenvalue weighted by molar-refractivity contribution is -0.128. The zero-order valence-corrected chi connectivity index (χ0v) is 10.8. The molecule has 2 unspecified atom stereocenters. The van der Waals surface area contributed by atoms with Crippen LogP contribution in [0.1, 0.15) is 33.1 Å². The van der Waals surface area contributed by atoms with Crippen LogP contribution in [0.15, 0.2) is 0 Å². The van der Waals surface area contributed by atoms with E-state index in [1.807, 2.05) is 13.8 Å². The van der Waals surface area contributed by atoms with Gasteiger partial charge in [0.1, 0.15) is 5.78 Å². The first kappa shape index (κ1) is 13.6. The van der Waals surface area contributed by atoms with E-state index in [9.17, 15) is 17.8 Å². The molecule has 2 atom stereocenters. The molecule has 0 aromatic heterocycles. The van der Waals surface area contributed by atoms with Crippen LogP contribution in [0.25, 0.3) is 0 Å². The van der Waals surface area contributed by atoms with Crippen molar-refractivity contribution in [2.24, 2.45) is 16.7 Å². The van der Waals surface area contributed by atoms with Crippen molar-refractivity contribution in [3.8, 4) is 0 Å². The fraction of sp³-hybridized carbons (Fsp3) is 0.900. The van der Waals surface area contributed by atoms with Crippen molar-refractivity contribution in [1.29, 1.82) is 0 Å². The number of Topliss-reactive ketones (excluding diaryl/α,β-unsaturated/α-hetero) is 1. The SMILES string of the molecule is CC1(C)C2CCC1(CS(=O)(=O)[O-])C(=O)C2.[NH4+]. The van der Waals surface area contributed by atoms with Crippen LogP contribution in [0.2, 0.25) is 0 Å². The molecular formula is C10H19NO4S. The molecule has 0 saturated heterocycles. The molecule has 16 heavy (non-hydrogen) atoms. The summed E-state index contributed by atoms with van der Waals surface area (Å²) in [6.45, 7) is 3.83. The number of carbonyl (C=O) groups is 1. The van der Waals surface area contributed by atoms with Gasteiger partial charge in [-0.25, -0.2) is 8.42 Å². The molecule has 2 saturated carbocycles. The van der Waals surface area contributed by atoms with Gasteiger partial charge in [0.05, 0.1) is 15.9 Å². The average Bonchev–Trinajstić information content (AvgIpc) is 2.34. The minimum absolute atomic E-state index is 0. The molecule has 94 valence electrons. The lowest BCUT2D eigenvalue weighted by atomic mass is 9.70. The molecule has 2 rings (SSSR count). The highest BCUT2D eigenvalue weighted by atomic mass is 32.2. The normalized spacial score (nSPS) is 36.2. The van der Waals surface area contributed by atoms with Gasteiger partial charge in [0.25, 0.3) is 0 Å². The topological polar surface area (TPSA) is 111 Å². The molecule has 0 aromatic carbocycles. The smallest absolute Gasteiger partial charge is 0.140 e. The molecule has 0 radical (unpaired) electrons. The van der Waals surface area contributed by atoms with Gasteiger partial charge in [-0.15, -0.1) is 0 Å². The Morgan fingerprint density at radius 2 is 2.00 bits per heavy atom. The van der Waals surface area contributed by atoms with Gasteiger partial charge in [-0.2, -0.15) is 0 Å². The van der Waals surface area contributed by atoms with E-state index in [-0.39, 0.29) is 23.3 Å². The van der Waals surface area contributed by atoms with E-state index in [0.29, 0.717) is 12.8 Å². The maximum absolute atomic E-state index is 11.8. The van der Waals surface area contributed by atoms with Gasteiger partial charge in [0.2, 0.25) is 0 Å². The van der Waals surface area contributed by atoms with Crippen LogP contribution < -0.4 is 6.15 Å². The Hall–Kier alpha value is -0.460. The van der Waals surface area contributed by atoms with Crippen LogP contribution in [0.3, 0.4) is 0 Å². The Morgan fingerprint density at radius 1 is 1.44 bits per heavy atom. The standard InChI is InChI=1S/C10H16O4S.H3N/c1-9(2)7-3-4-10(9,8(11)5-7)6-15(12,13)14;/h7H,3-6H2,1-2H3,(H,12,13,14);1H3. The van der Waals surface area contributed by atoms with Gasteiger partial charge in [0.15, 0.2) is 0 Å². The average molecular weight is 249 g/mol. The number of fused-ring (bicyclic) bond motifs is 2. The van der Waals surface area contributed by atoms with Gasteiger partial charge in [-0.3, -0.25) is 4.79 Å². The Morgan fingerprint density at radius 3 is 2.31 bits per heavy atom. The van der Waals surface area contributed by atoms with Gasteiger partial charge < -0.3 is 10.7 Å². The van der Waals surface area contributed by atoms with E-state index in [1.54, 1.807) is 0 Å². The molecule has 0 amide bonds. The molecule has 2 aliphatic rings. The highest BCUT2D eigenvalue weighted by Gasteiger charge is 2.64. The Labute approximate surface area is 95.9 Å². The summed E-state index contributed by atoms with van der Waals surface area (Å²) in [7, 11) is -4.33. The van der Waals surface area contributed by atoms with Crippen molar-refractivity contribution >= 4 is 15.9 Å². The lowest BCUT2D eigenvalue weighted by Crippen LogP contribution is -2.42. The summed E-state index contributed by atoms with van der Waals surface area (Å²) in [6.07, 6.45) is 1.88. The predicted octanol–water partition coefficient (Wildman–Crippen LogP) is 1.30. The quantitative estimate of drug-likeness (QED) is 0.743. The van der Waals surface area contributed by atoms with E-state index in [4.69, 9.17) is 0 Å². The molecule has 0 spiro atoms. The summed E-state index contributed by atoms with van der Waals surface area (Å²) in [6, 6.07) is 0. The molecule has 4 N–H and O–H groups in total. The van der Waals surface area contributed by atoms with Crippen LogP contribution in [0.5, 0.6) is 0 Å². The number of carbonyl (C=O) groups excluding carboxylic acids is 1. The lowest BCUT2D eigenvalue weighted by Gasteiger charge is -2.37. The first-order valence-electron chi connectivity index (χ1n) is 5.16. The van der Waals surface area contributed by atoms with E-state index in [2.05, 4.69) is 0 Å². The number of rotatable bonds is 2. The van der Waals surface area contributed by atoms with Gasteiger partial charge in [0, 0.05) is 11.8 Å². The predicted molar refractivity (Wildman–Crippen MR) is 59.1 cm³/mol. The summed E-state index contributed by atoms with van der Waals surface area (Å²) in [5, 5.41) is 0. The third-order valence-corrected chi connectivity index (χ3v) is 5.41. The van der Waals surface area contributed by atoms with E-state index in [1.165, 1.54) is 0 Å². The minimum atomic E-state index is -4.33. The highest BCUT2D eigenvalue weighted by molar-refractivity contribution is 7.85. The second-order valence-electron chi connectivity index (χ2n) is 5.37. The Kier molecular flexibility index (Phi) is 2.99. The number of hydrogen-bond acceptors (Lipinski definition) is 4. The molecule has 2 aliphatic carbocycles. The Bertz CT molecular complexity index is 415. The largest absolute Gasteiger partial charge is 0.748 e. The maximum atomic E-state index is 11.8. The van der Waals surface area contributed by atoms with Crippen molar-refractivity contribution in [3.63, 3.8) is 0 Å². The molecule has 6 heteroatoms. The van der Waals surface area contributed by atoms with Gasteiger partial charge in [-0.05, 0) is 24.2 Å². The molecule has 2 bridgehead atoms. The zero-order valence-electron chi connectivity index (χ0n) is 9.95. The fourth-order valence-corrected chi connectivity index (χ4v) is 4.69. The first-order valence-corrected chi connectivity index (χ1v) is 6.74. The first-order chi connectivity index (χ1) is 6.69. The van der Waals surface area contributed by atoms with E-state index in [0.717, 1.165) is 6.42 Å². The molecule has 0 aliphatic heterocycles. The van der Waals surface area contributed by atoms with E-state index < -0.39 is 21.3 Å². The van der Waals surface area contributed by atoms with Crippen molar-refractivity contribution < 1.29 is 17.8 Å². The fourth-order valence-electron chi connectivity index (χ4n) is 3.41.